The molecule has 1 radical (unpaired) electrons. The van der Waals surface area contributed by atoms with Gasteiger partial charge in [0.1, 0.15) is 22.7 Å². The zero-order valence-electron chi connectivity index (χ0n) is 29.8. The summed E-state index contributed by atoms with van der Waals surface area (Å²) in [4.78, 5) is 2.58. The molecule has 3 atom stereocenters. The smallest absolute Gasteiger partial charge is 0.137 e. The summed E-state index contributed by atoms with van der Waals surface area (Å²) < 4.78 is 13.2. The van der Waals surface area contributed by atoms with Gasteiger partial charge in [-0.3, -0.25) is 0 Å². The number of hydrogen-bond donors (Lipinski definition) is 0. The Hall–Kier alpha value is -5.32. The van der Waals surface area contributed by atoms with Crippen molar-refractivity contribution in [3.8, 4) is 16.9 Å². The number of hydrogen-bond acceptors (Lipinski definition) is 3. The predicted octanol–water partition coefficient (Wildman–Crippen LogP) is 12.7. The van der Waals surface area contributed by atoms with E-state index in [0.717, 1.165) is 54.4 Å². The third-order valence-electron chi connectivity index (χ3n) is 11.6. The molecule has 0 saturated carbocycles. The largest absolute Gasteiger partial charge is 0.460 e. The van der Waals surface area contributed by atoms with Crippen molar-refractivity contribution in [2.75, 3.05) is 4.90 Å². The maximum absolute atomic E-state index is 6.74. The minimum absolute atomic E-state index is 0.173. The van der Waals surface area contributed by atoms with Crippen LogP contribution >= 0.6 is 0 Å². The van der Waals surface area contributed by atoms with Crippen LogP contribution in [0.2, 0.25) is 13.1 Å². The molecule has 2 heterocycles. The van der Waals surface area contributed by atoms with Crippen molar-refractivity contribution < 1.29 is 9.15 Å². The number of allylic oxidation sites excluding steroid dienone is 6. The van der Waals surface area contributed by atoms with Gasteiger partial charge in [0.25, 0.3) is 0 Å². The SMILES string of the molecule is C[Si](C)C1=CCC2C(=C1C1C=CC(N(c3cccc(-c4ccc5c(c4)CCC=C5)c3)c3cccc4oc5ccccc5c34)CC1)Oc1ccccc12. The Morgan fingerprint density at radius 1 is 0.769 bits per heavy atom. The van der Waals surface area contributed by atoms with Crippen LogP contribution in [0.25, 0.3) is 39.1 Å². The van der Waals surface area contributed by atoms with Crippen LogP contribution in [-0.4, -0.2) is 14.8 Å². The molecule has 3 aliphatic carbocycles. The van der Waals surface area contributed by atoms with Crippen LogP contribution in [0.3, 0.4) is 0 Å². The van der Waals surface area contributed by atoms with E-state index in [1.165, 1.54) is 55.9 Å². The lowest BCUT2D eigenvalue weighted by Gasteiger charge is -2.37. The molecule has 0 amide bonds. The molecule has 1 aliphatic heterocycles. The molecular weight excluding hydrogens is 651 g/mol. The quantitative estimate of drug-likeness (QED) is 0.128. The standard InChI is InChI=1S/C48H42NO2Si/c1-52(2)45-28-27-39-38-15-5-7-18-42(38)51-48(39)46(45)32-23-25-36(26-24-32)49(41-17-10-20-44-47(41)40-16-6-8-19-43(40)50-44)37-14-9-13-34(30-37)35-22-21-31-11-3-4-12-33(31)29-35/h3,5-11,13-23,25,28-30,32,36,39H,4,12,24,26-27H2,1-2H3. The molecule has 0 saturated heterocycles. The maximum Gasteiger partial charge on any atom is 0.137 e. The highest BCUT2D eigenvalue weighted by atomic mass is 28.3. The first-order valence-corrected chi connectivity index (χ1v) is 21.4. The molecule has 255 valence electrons. The maximum atomic E-state index is 6.74. The Morgan fingerprint density at radius 3 is 2.52 bits per heavy atom. The van der Waals surface area contributed by atoms with Gasteiger partial charge in [0.15, 0.2) is 0 Å². The Balaban J connectivity index is 1.08. The van der Waals surface area contributed by atoms with E-state index in [9.17, 15) is 0 Å². The number of ether oxygens (including phenoxy) is 1. The second-order valence-corrected chi connectivity index (χ2v) is 17.5. The molecule has 0 bridgehead atoms. The first-order valence-electron chi connectivity index (χ1n) is 18.9. The van der Waals surface area contributed by atoms with Crippen LogP contribution in [0.5, 0.6) is 5.75 Å². The fourth-order valence-electron chi connectivity index (χ4n) is 9.18. The van der Waals surface area contributed by atoms with E-state index >= 15 is 0 Å². The lowest BCUT2D eigenvalue weighted by molar-refractivity contribution is 0.405. The van der Waals surface area contributed by atoms with Crippen molar-refractivity contribution in [1.82, 2.24) is 0 Å². The summed E-state index contributed by atoms with van der Waals surface area (Å²) in [6.07, 6.45) is 17.4. The van der Waals surface area contributed by atoms with Gasteiger partial charge in [-0.25, -0.2) is 0 Å². The number of nitrogens with zero attached hydrogens (tertiary/aromatic N) is 1. The van der Waals surface area contributed by atoms with Crippen molar-refractivity contribution in [3.63, 3.8) is 0 Å². The summed E-state index contributed by atoms with van der Waals surface area (Å²) in [6, 6.07) is 40.0. The van der Waals surface area contributed by atoms with E-state index in [2.05, 4.69) is 158 Å². The summed E-state index contributed by atoms with van der Waals surface area (Å²) in [5.41, 5.74) is 12.3. The summed E-state index contributed by atoms with van der Waals surface area (Å²) in [7, 11) is -0.681. The van der Waals surface area contributed by atoms with Gasteiger partial charge in [0.2, 0.25) is 0 Å². The molecule has 4 aliphatic rings. The molecule has 1 aromatic heterocycles. The predicted molar refractivity (Wildman–Crippen MR) is 218 cm³/mol. The molecule has 3 nitrogen and oxygen atoms in total. The van der Waals surface area contributed by atoms with Gasteiger partial charge in [-0.05, 0) is 96.3 Å². The van der Waals surface area contributed by atoms with Crippen LogP contribution in [0, 0.1) is 5.92 Å². The molecule has 6 aromatic rings. The summed E-state index contributed by atoms with van der Waals surface area (Å²) >= 11 is 0. The second kappa shape index (κ2) is 12.7. The minimum atomic E-state index is -0.681. The Morgan fingerprint density at radius 2 is 1.62 bits per heavy atom. The lowest BCUT2D eigenvalue weighted by atomic mass is 9.80. The molecule has 5 aromatic carbocycles. The molecule has 4 heteroatoms. The lowest BCUT2D eigenvalue weighted by Crippen LogP contribution is -2.33. The molecule has 0 spiro atoms. The van der Waals surface area contributed by atoms with E-state index in [1.54, 1.807) is 5.20 Å². The first kappa shape index (κ1) is 31.4. The average molecular weight is 693 g/mol. The van der Waals surface area contributed by atoms with Crippen LogP contribution in [0.15, 0.2) is 154 Å². The van der Waals surface area contributed by atoms with Gasteiger partial charge in [-0.1, -0.05) is 121 Å². The zero-order valence-corrected chi connectivity index (χ0v) is 30.8. The van der Waals surface area contributed by atoms with Gasteiger partial charge >= 0.3 is 0 Å². The Bertz CT molecular complexity index is 2500. The molecule has 0 N–H and O–H groups in total. The monoisotopic (exact) mass is 692 g/mol. The number of fused-ring (bicyclic) bond motifs is 7. The topological polar surface area (TPSA) is 25.6 Å². The summed E-state index contributed by atoms with van der Waals surface area (Å²) in [5, 5.41) is 3.88. The molecule has 3 unspecified atom stereocenters. The highest BCUT2D eigenvalue weighted by molar-refractivity contribution is 6.65. The summed E-state index contributed by atoms with van der Waals surface area (Å²) in [6.45, 7) is 4.86. The molecular formula is C48H42NO2Si. The van der Waals surface area contributed by atoms with E-state index in [4.69, 9.17) is 9.15 Å². The van der Waals surface area contributed by atoms with Crippen molar-refractivity contribution >= 4 is 48.2 Å². The van der Waals surface area contributed by atoms with Gasteiger partial charge in [0.05, 0.1) is 25.9 Å². The average Bonchev–Trinajstić information content (AvgIpc) is 3.77. The van der Waals surface area contributed by atoms with Crippen molar-refractivity contribution in [1.29, 1.82) is 0 Å². The highest BCUT2D eigenvalue weighted by Gasteiger charge is 2.39. The normalized spacial score (nSPS) is 20.5. The van der Waals surface area contributed by atoms with Crippen LogP contribution in [0.1, 0.15) is 48.3 Å². The van der Waals surface area contributed by atoms with E-state index in [0.29, 0.717) is 11.8 Å². The Kier molecular flexibility index (Phi) is 7.68. The van der Waals surface area contributed by atoms with Crippen LogP contribution in [0.4, 0.5) is 11.4 Å². The van der Waals surface area contributed by atoms with Crippen molar-refractivity contribution in [2.24, 2.45) is 5.92 Å². The molecule has 0 fully saturated rings. The van der Waals surface area contributed by atoms with E-state index in [1.807, 2.05) is 0 Å². The third kappa shape index (κ3) is 5.23. The van der Waals surface area contributed by atoms with Crippen molar-refractivity contribution in [3.05, 3.63) is 167 Å². The summed E-state index contributed by atoms with van der Waals surface area (Å²) in [5.74, 6) is 2.90. The number of benzene rings is 5. The van der Waals surface area contributed by atoms with Crippen molar-refractivity contribution in [2.45, 2.75) is 57.2 Å². The van der Waals surface area contributed by atoms with Gasteiger partial charge in [-0.15, -0.1) is 0 Å². The zero-order chi connectivity index (χ0) is 34.8. The number of anilines is 2. The van der Waals surface area contributed by atoms with Gasteiger partial charge < -0.3 is 14.1 Å². The molecule has 52 heavy (non-hydrogen) atoms. The van der Waals surface area contributed by atoms with E-state index in [-0.39, 0.29) is 6.04 Å². The number of rotatable bonds is 6. The van der Waals surface area contributed by atoms with Gasteiger partial charge in [-0.2, -0.15) is 0 Å². The Labute approximate surface area is 307 Å². The van der Waals surface area contributed by atoms with Crippen LogP contribution in [-0.2, 0) is 6.42 Å². The van der Waals surface area contributed by atoms with Gasteiger partial charge in [0, 0.05) is 28.5 Å². The second-order valence-electron chi connectivity index (χ2n) is 15.0. The minimum Gasteiger partial charge on any atom is -0.460 e. The molecule has 10 rings (SSSR count). The number of para-hydroxylation sites is 2. The third-order valence-corrected chi connectivity index (χ3v) is 13.2. The fraction of sp³-hybridized carbons (Fsp3) is 0.208. The first-order chi connectivity index (χ1) is 25.6. The number of furan rings is 1. The van der Waals surface area contributed by atoms with E-state index < -0.39 is 8.80 Å². The fourth-order valence-corrected chi connectivity index (χ4v) is 10.6. The highest BCUT2D eigenvalue weighted by Crippen LogP contribution is 2.51. The number of aryl methyl sites for hydroxylation is 1. The van der Waals surface area contributed by atoms with Crippen LogP contribution < -0.4 is 9.64 Å².